The van der Waals surface area contributed by atoms with Gasteiger partial charge in [-0.25, -0.2) is 0 Å². The summed E-state index contributed by atoms with van der Waals surface area (Å²) in [6, 6.07) is 26.1. The molecule has 0 spiro atoms. The molecule has 0 radical (unpaired) electrons. The van der Waals surface area contributed by atoms with Crippen molar-refractivity contribution in [3.63, 3.8) is 0 Å². The van der Waals surface area contributed by atoms with Gasteiger partial charge in [-0.15, -0.1) is 0 Å². The highest BCUT2D eigenvalue weighted by molar-refractivity contribution is 7.99. The third-order valence-electron chi connectivity index (χ3n) is 3.88. The molecule has 3 aromatic carbocycles. The highest BCUT2D eigenvalue weighted by atomic mass is 32.2. The fourth-order valence-electron chi connectivity index (χ4n) is 2.82. The Morgan fingerprint density at radius 1 is 0.739 bits per heavy atom. The molecule has 0 saturated carbocycles. The molecular weight excluding hydrogens is 302 g/mol. The second-order valence-electron chi connectivity index (χ2n) is 5.43. The van der Waals surface area contributed by atoms with Crippen LogP contribution in [0.15, 0.2) is 88.7 Å². The van der Waals surface area contributed by atoms with E-state index in [2.05, 4.69) is 12.1 Å². The number of fused-ring (bicyclic) bond motifs is 2. The number of anilines is 2. The van der Waals surface area contributed by atoms with Crippen molar-refractivity contribution in [1.29, 1.82) is 0 Å². The summed E-state index contributed by atoms with van der Waals surface area (Å²) in [6.45, 7) is 0. The number of carbonyl (C=O) groups excluding carboxylic acids is 1. The summed E-state index contributed by atoms with van der Waals surface area (Å²) >= 11 is 1.72. The zero-order chi connectivity index (χ0) is 15.6. The maximum atomic E-state index is 13.0. The average molecular weight is 317 g/mol. The lowest BCUT2D eigenvalue weighted by Gasteiger charge is -2.31. The zero-order valence-corrected chi connectivity index (χ0v) is 13.3. The van der Waals surface area contributed by atoms with Crippen LogP contribution in [0.5, 0.6) is 0 Å². The molecule has 1 aliphatic heterocycles. The Morgan fingerprint density at radius 2 is 1.26 bits per heavy atom. The maximum Gasteiger partial charge on any atom is 0.236 e. The van der Waals surface area contributed by atoms with Gasteiger partial charge in [-0.2, -0.15) is 0 Å². The normalized spacial score (nSPS) is 12.4. The van der Waals surface area contributed by atoms with Gasteiger partial charge in [-0.05, 0) is 29.8 Å². The molecule has 0 N–H and O–H groups in total. The minimum absolute atomic E-state index is 0.0939. The minimum Gasteiger partial charge on any atom is -0.278 e. The lowest BCUT2D eigenvalue weighted by atomic mass is 10.1. The van der Waals surface area contributed by atoms with E-state index >= 15 is 0 Å². The number of amides is 1. The third kappa shape index (κ3) is 2.64. The second kappa shape index (κ2) is 5.94. The predicted molar refractivity (Wildman–Crippen MR) is 94.3 cm³/mol. The molecule has 1 amide bonds. The summed E-state index contributed by atoms with van der Waals surface area (Å²) in [4.78, 5) is 17.1. The topological polar surface area (TPSA) is 20.3 Å². The van der Waals surface area contributed by atoms with Crippen molar-refractivity contribution in [3.8, 4) is 0 Å². The largest absolute Gasteiger partial charge is 0.278 e. The molecule has 0 unspecified atom stereocenters. The molecule has 0 saturated heterocycles. The first-order chi connectivity index (χ1) is 11.3. The van der Waals surface area contributed by atoms with Gasteiger partial charge in [0.1, 0.15) is 0 Å². The molecule has 3 aromatic rings. The van der Waals surface area contributed by atoms with E-state index in [0.29, 0.717) is 6.42 Å². The van der Waals surface area contributed by atoms with E-state index in [0.717, 1.165) is 26.7 Å². The monoisotopic (exact) mass is 317 g/mol. The van der Waals surface area contributed by atoms with Crippen LogP contribution < -0.4 is 4.90 Å². The molecule has 1 aliphatic rings. The Balaban J connectivity index is 1.77. The Labute approximate surface area is 139 Å². The molecule has 0 bridgehead atoms. The minimum atomic E-state index is 0.0939. The molecule has 4 rings (SSSR count). The van der Waals surface area contributed by atoms with Crippen LogP contribution in [0.4, 0.5) is 11.4 Å². The lowest BCUT2D eigenvalue weighted by Crippen LogP contribution is -2.29. The van der Waals surface area contributed by atoms with E-state index in [1.54, 1.807) is 11.8 Å². The van der Waals surface area contributed by atoms with Crippen molar-refractivity contribution >= 4 is 29.0 Å². The summed E-state index contributed by atoms with van der Waals surface area (Å²) in [5, 5.41) is 0. The van der Waals surface area contributed by atoms with Crippen LogP contribution in [0, 0.1) is 0 Å². The van der Waals surface area contributed by atoms with Crippen LogP contribution >= 0.6 is 11.8 Å². The summed E-state index contributed by atoms with van der Waals surface area (Å²) in [6.07, 6.45) is 0.397. The van der Waals surface area contributed by atoms with Crippen LogP contribution in [0.3, 0.4) is 0 Å². The fraction of sp³-hybridized carbons (Fsp3) is 0.0500. The fourth-order valence-corrected chi connectivity index (χ4v) is 3.88. The van der Waals surface area contributed by atoms with Gasteiger partial charge in [-0.1, -0.05) is 66.4 Å². The van der Waals surface area contributed by atoms with Crippen LogP contribution in [0.25, 0.3) is 0 Å². The highest BCUT2D eigenvalue weighted by Gasteiger charge is 2.27. The highest BCUT2D eigenvalue weighted by Crippen LogP contribution is 2.47. The van der Waals surface area contributed by atoms with Crippen molar-refractivity contribution in [3.05, 3.63) is 84.4 Å². The van der Waals surface area contributed by atoms with Gasteiger partial charge in [0.2, 0.25) is 5.91 Å². The number of nitrogens with zero attached hydrogens (tertiary/aromatic N) is 1. The summed E-state index contributed by atoms with van der Waals surface area (Å²) in [7, 11) is 0. The van der Waals surface area contributed by atoms with Crippen molar-refractivity contribution in [2.75, 3.05) is 4.90 Å². The number of hydrogen-bond donors (Lipinski definition) is 0. The first-order valence-corrected chi connectivity index (χ1v) is 8.37. The smallest absolute Gasteiger partial charge is 0.236 e. The van der Waals surface area contributed by atoms with Gasteiger partial charge in [-0.3, -0.25) is 9.69 Å². The van der Waals surface area contributed by atoms with Gasteiger partial charge >= 0.3 is 0 Å². The molecular formula is C20H15NOS. The van der Waals surface area contributed by atoms with E-state index < -0.39 is 0 Å². The van der Waals surface area contributed by atoms with Crippen LogP contribution in [0.2, 0.25) is 0 Å². The Kier molecular flexibility index (Phi) is 3.64. The first-order valence-electron chi connectivity index (χ1n) is 7.56. The van der Waals surface area contributed by atoms with Crippen molar-refractivity contribution in [2.24, 2.45) is 0 Å². The molecule has 112 valence electrons. The van der Waals surface area contributed by atoms with Gasteiger partial charge in [0.05, 0.1) is 17.8 Å². The Morgan fingerprint density at radius 3 is 1.87 bits per heavy atom. The number of rotatable bonds is 2. The standard InChI is InChI=1S/C20H15NOS/c22-20(14-15-8-2-1-3-9-15)21-16-10-4-6-12-18(16)23-19-13-7-5-11-17(19)21/h1-13H,14H2. The number of carbonyl (C=O) groups is 1. The second-order valence-corrected chi connectivity index (χ2v) is 6.51. The molecule has 0 aliphatic carbocycles. The van der Waals surface area contributed by atoms with Crippen LogP contribution in [-0.4, -0.2) is 5.91 Å². The van der Waals surface area contributed by atoms with Gasteiger partial charge in [0, 0.05) is 9.79 Å². The predicted octanol–water partition coefficient (Wildman–Crippen LogP) is 5.06. The van der Waals surface area contributed by atoms with Gasteiger partial charge in [0.25, 0.3) is 0 Å². The molecule has 3 heteroatoms. The van der Waals surface area contributed by atoms with Gasteiger partial charge < -0.3 is 0 Å². The molecule has 23 heavy (non-hydrogen) atoms. The summed E-state index contributed by atoms with van der Waals surface area (Å²) in [5.41, 5.74) is 2.97. The summed E-state index contributed by atoms with van der Waals surface area (Å²) in [5.74, 6) is 0.0939. The van der Waals surface area contributed by atoms with Crippen LogP contribution in [0.1, 0.15) is 5.56 Å². The number of para-hydroxylation sites is 2. The van der Waals surface area contributed by atoms with E-state index in [9.17, 15) is 4.79 Å². The SMILES string of the molecule is O=C(Cc1ccccc1)N1c2ccccc2Sc2ccccc21. The van der Waals surface area contributed by atoms with E-state index in [4.69, 9.17) is 0 Å². The number of benzene rings is 3. The summed E-state index contributed by atoms with van der Waals surface area (Å²) < 4.78 is 0. The lowest BCUT2D eigenvalue weighted by molar-refractivity contribution is -0.117. The molecule has 0 aromatic heterocycles. The van der Waals surface area contributed by atoms with E-state index in [1.807, 2.05) is 71.6 Å². The maximum absolute atomic E-state index is 13.0. The molecule has 0 fully saturated rings. The van der Waals surface area contributed by atoms with Crippen molar-refractivity contribution in [1.82, 2.24) is 0 Å². The van der Waals surface area contributed by atoms with Crippen molar-refractivity contribution < 1.29 is 4.79 Å². The first kappa shape index (κ1) is 14.1. The Bertz CT molecular complexity index is 815. The molecule has 0 atom stereocenters. The van der Waals surface area contributed by atoms with Gasteiger partial charge in [0.15, 0.2) is 0 Å². The van der Waals surface area contributed by atoms with Crippen LogP contribution in [-0.2, 0) is 11.2 Å². The molecule has 2 nitrogen and oxygen atoms in total. The zero-order valence-electron chi connectivity index (χ0n) is 12.5. The quantitative estimate of drug-likeness (QED) is 0.658. The third-order valence-corrected chi connectivity index (χ3v) is 5.01. The van der Waals surface area contributed by atoms with E-state index in [1.165, 1.54) is 0 Å². The van der Waals surface area contributed by atoms with Crippen molar-refractivity contribution in [2.45, 2.75) is 16.2 Å². The van der Waals surface area contributed by atoms with E-state index in [-0.39, 0.29) is 5.91 Å². The average Bonchev–Trinajstić information content (AvgIpc) is 2.60. The number of hydrogen-bond acceptors (Lipinski definition) is 2. The Hall–Kier alpha value is -2.52. The molecule has 1 heterocycles.